The Kier molecular flexibility index (Phi) is 4.07. The van der Waals surface area contributed by atoms with E-state index < -0.39 is 0 Å². The summed E-state index contributed by atoms with van der Waals surface area (Å²) in [6.07, 6.45) is 9.36. The fourth-order valence-corrected chi connectivity index (χ4v) is 4.84. The van der Waals surface area contributed by atoms with Crippen LogP contribution < -0.4 is 5.32 Å². The van der Waals surface area contributed by atoms with Gasteiger partial charge in [-0.2, -0.15) is 0 Å². The summed E-state index contributed by atoms with van der Waals surface area (Å²) in [5, 5.41) is 3.60. The minimum Gasteiger partial charge on any atom is -0.322 e. The van der Waals surface area contributed by atoms with Crippen molar-refractivity contribution in [3.05, 3.63) is 0 Å². The first-order chi connectivity index (χ1) is 9.58. The molecule has 3 heteroatoms. The number of nitrogens with zero attached hydrogens (tertiary/aromatic N) is 1. The topological polar surface area (TPSA) is 32.3 Å². The van der Waals surface area contributed by atoms with Crippen LogP contribution in [0.3, 0.4) is 0 Å². The second-order valence-corrected chi connectivity index (χ2v) is 7.59. The van der Waals surface area contributed by atoms with E-state index >= 15 is 0 Å². The van der Waals surface area contributed by atoms with Crippen molar-refractivity contribution in [2.24, 2.45) is 17.8 Å². The van der Waals surface area contributed by atoms with E-state index in [-0.39, 0.29) is 6.04 Å². The zero-order valence-corrected chi connectivity index (χ0v) is 13.3. The molecule has 0 aromatic heterocycles. The van der Waals surface area contributed by atoms with Gasteiger partial charge < -0.3 is 4.90 Å². The molecule has 2 aliphatic carbocycles. The van der Waals surface area contributed by atoms with Gasteiger partial charge >= 0.3 is 0 Å². The highest BCUT2D eigenvalue weighted by Crippen LogP contribution is 2.38. The summed E-state index contributed by atoms with van der Waals surface area (Å²) in [6.45, 7) is 6.75. The Hall–Kier alpha value is -0.570. The molecule has 1 heterocycles. The molecule has 5 unspecified atom stereocenters. The maximum Gasteiger partial charge on any atom is 0.240 e. The summed E-state index contributed by atoms with van der Waals surface area (Å²) < 4.78 is 0. The molecule has 114 valence electrons. The largest absolute Gasteiger partial charge is 0.322 e. The molecule has 3 nitrogen and oxygen atoms in total. The fourth-order valence-electron chi connectivity index (χ4n) is 4.84. The second kappa shape index (κ2) is 5.67. The Labute approximate surface area is 123 Å². The number of hydrogen-bond acceptors (Lipinski definition) is 2. The average molecular weight is 278 g/mol. The first-order valence-corrected chi connectivity index (χ1v) is 8.66. The quantitative estimate of drug-likeness (QED) is 0.841. The molecule has 20 heavy (non-hydrogen) atoms. The van der Waals surface area contributed by atoms with Crippen LogP contribution in [0.5, 0.6) is 0 Å². The Morgan fingerprint density at radius 1 is 1.05 bits per heavy atom. The first kappa shape index (κ1) is 14.4. The van der Waals surface area contributed by atoms with Gasteiger partial charge in [0.05, 0.1) is 12.2 Å². The summed E-state index contributed by atoms with van der Waals surface area (Å²) in [4.78, 5) is 14.9. The van der Waals surface area contributed by atoms with Gasteiger partial charge in [-0.05, 0) is 56.8 Å². The van der Waals surface area contributed by atoms with E-state index in [2.05, 4.69) is 24.1 Å². The number of hydrogen-bond donors (Lipinski definition) is 1. The first-order valence-electron chi connectivity index (χ1n) is 8.66. The lowest BCUT2D eigenvalue weighted by molar-refractivity contribution is -0.135. The molecule has 0 bridgehead atoms. The third kappa shape index (κ3) is 2.49. The molecule has 0 radical (unpaired) electrons. The number of carbonyl (C=O) groups excluding carboxylic acids is 1. The molecular weight excluding hydrogens is 248 g/mol. The molecule has 1 saturated heterocycles. The zero-order valence-electron chi connectivity index (χ0n) is 13.3. The van der Waals surface area contributed by atoms with E-state index in [0.717, 1.165) is 5.92 Å². The predicted molar refractivity (Wildman–Crippen MR) is 81.2 cm³/mol. The van der Waals surface area contributed by atoms with Crippen LogP contribution >= 0.6 is 0 Å². The van der Waals surface area contributed by atoms with Gasteiger partial charge in [-0.3, -0.25) is 10.1 Å². The van der Waals surface area contributed by atoms with Gasteiger partial charge in [-0.15, -0.1) is 0 Å². The molecule has 5 atom stereocenters. The molecule has 3 rings (SSSR count). The van der Waals surface area contributed by atoms with Crippen LogP contribution in [0.2, 0.25) is 0 Å². The van der Waals surface area contributed by atoms with Gasteiger partial charge in [0.25, 0.3) is 0 Å². The second-order valence-electron chi connectivity index (χ2n) is 7.59. The zero-order chi connectivity index (χ0) is 14.3. The van der Waals surface area contributed by atoms with Gasteiger partial charge in [0.2, 0.25) is 5.91 Å². The van der Waals surface area contributed by atoms with Crippen LogP contribution in [-0.2, 0) is 4.79 Å². The van der Waals surface area contributed by atoms with Crippen LogP contribution in [0.15, 0.2) is 0 Å². The van der Waals surface area contributed by atoms with Crippen molar-refractivity contribution in [2.45, 2.75) is 84.0 Å². The lowest BCUT2D eigenvalue weighted by Crippen LogP contribution is -2.51. The summed E-state index contributed by atoms with van der Waals surface area (Å²) in [7, 11) is 0. The number of nitrogens with one attached hydrogen (secondary N) is 1. The lowest BCUT2D eigenvalue weighted by Gasteiger charge is -2.42. The van der Waals surface area contributed by atoms with Crippen LogP contribution in [0.1, 0.15) is 65.7 Å². The third-order valence-corrected chi connectivity index (χ3v) is 5.94. The van der Waals surface area contributed by atoms with Gasteiger partial charge in [0, 0.05) is 6.04 Å². The number of carbonyl (C=O) groups is 1. The van der Waals surface area contributed by atoms with Gasteiger partial charge in [-0.25, -0.2) is 0 Å². The van der Waals surface area contributed by atoms with Gasteiger partial charge in [0.15, 0.2) is 0 Å². The monoisotopic (exact) mass is 278 g/mol. The molecule has 3 fully saturated rings. The SMILES string of the molecule is CC1CCC(N2C(=O)C(C)NC2C2CCCC2)C(C)C1. The summed E-state index contributed by atoms with van der Waals surface area (Å²) in [5.74, 6) is 2.52. The predicted octanol–water partition coefficient (Wildman–Crippen LogP) is 3.15. The fraction of sp³-hybridized carbons (Fsp3) is 0.941. The third-order valence-electron chi connectivity index (χ3n) is 5.94. The molecule has 0 aromatic rings. The minimum absolute atomic E-state index is 0.0205. The van der Waals surface area contributed by atoms with Crippen LogP contribution in [0.4, 0.5) is 0 Å². The van der Waals surface area contributed by atoms with E-state index in [9.17, 15) is 4.79 Å². The van der Waals surface area contributed by atoms with Crippen molar-refractivity contribution < 1.29 is 4.79 Å². The highest BCUT2D eigenvalue weighted by Gasteiger charge is 2.46. The molecule has 1 N–H and O–H groups in total. The standard InChI is InChI=1S/C17H30N2O/c1-11-8-9-15(12(2)10-11)19-16(14-6-4-5-7-14)18-13(3)17(19)20/h11-16,18H,4-10H2,1-3H3. The van der Waals surface area contributed by atoms with E-state index in [4.69, 9.17) is 0 Å². The Balaban J connectivity index is 1.78. The van der Waals surface area contributed by atoms with E-state index in [1.165, 1.54) is 44.9 Å². The molecule has 3 aliphatic rings. The smallest absolute Gasteiger partial charge is 0.240 e. The Bertz CT molecular complexity index is 364. The van der Waals surface area contributed by atoms with Gasteiger partial charge in [-0.1, -0.05) is 26.7 Å². The maximum absolute atomic E-state index is 12.7. The molecule has 1 aliphatic heterocycles. The number of rotatable bonds is 2. The van der Waals surface area contributed by atoms with Crippen molar-refractivity contribution in [2.75, 3.05) is 0 Å². The minimum atomic E-state index is 0.0205. The molecular formula is C17H30N2O. The molecule has 1 amide bonds. The van der Waals surface area contributed by atoms with E-state index in [1.54, 1.807) is 0 Å². The lowest BCUT2D eigenvalue weighted by atomic mass is 9.78. The van der Waals surface area contributed by atoms with E-state index in [1.807, 2.05) is 6.92 Å². The molecule has 0 aromatic carbocycles. The van der Waals surface area contributed by atoms with Crippen LogP contribution in [0, 0.1) is 17.8 Å². The molecule has 0 spiro atoms. The van der Waals surface area contributed by atoms with Crippen molar-refractivity contribution in [1.29, 1.82) is 0 Å². The average Bonchev–Trinajstić information content (AvgIpc) is 3.01. The highest BCUT2D eigenvalue weighted by atomic mass is 16.2. The Morgan fingerprint density at radius 2 is 1.75 bits per heavy atom. The summed E-state index contributed by atoms with van der Waals surface area (Å²) in [5.41, 5.74) is 0. The number of amides is 1. The highest BCUT2D eigenvalue weighted by molar-refractivity contribution is 5.84. The maximum atomic E-state index is 12.7. The summed E-state index contributed by atoms with van der Waals surface area (Å²) >= 11 is 0. The van der Waals surface area contributed by atoms with Crippen molar-refractivity contribution >= 4 is 5.91 Å². The van der Waals surface area contributed by atoms with E-state index in [0.29, 0.717) is 30.0 Å². The van der Waals surface area contributed by atoms with Crippen molar-refractivity contribution in [1.82, 2.24) is 10.2 Å². The van der Waals surface area contributed by atoms with Crippen LogP contribution in [0.25, 0.3) is 0 Å². The molecule has 2 saturated carbocycles. The summed E-state index contributed by atoms with van der Waals surface area (Å²) in [6, 6.07) is 0.494. The van der Waals surface area contributed by atoms with Crippen molar-refractivity contribution in [3.8, 4) is 0 Å². The van der Waals surface area contributed by atoms with Crippen molar-refractivity contribution in [3.63, 3.8) is 0 Å². The van der Waals surface area contributed by atoms with Gasteiger partial charge in [0.1, 0.15) is 0 Å². The normalized spacial score (nSPS) is 43.5. The van der Waals surface area contributed by atoms with Crippen LogP contribution in [-0.4, -0.2) is 29.1 Å². The Morgan fingerprint density at radius 3 is 2.40 bits per heavy atom.